The van der Waals surface area contributed by atoms with Crippen LogP contribution in [0, 0.1) is 0 Å². The molecule has 2 rings (SSSR count). The SMILES string of the molecule is CCCCCOc1ccc(C(=O)CCC(=O)N2CCOC(C(=O)O)C2)cc1. The van der Waals surface area contributed by atoms with Crippen LogP contribution in [0.5, 0.6) is 5.75 Å². The largest absolute Gasteiger partial charge is 0.494 e. The number of rotatable bonds is 10. The standard InChI is InChI=1S/C20H27NO6/c1-2-3-4-12-26-16-7-5-15(6-8-16)17(22)9-10-19(23)21-11-13-27-18(14-21)20(24)25/h5-8,18H,2-4,9-14H2,1H3,(H,24,25). The van der Waals surface area contributed by atoms with Crippen molar-refractivity contribution in [3.63, 3.8) is 0 Å². The summed E-state index contributed by atoms with van der Waals surface area (Å²) in [6, 6.07) is 6.94. The highest BCUT2D eigenvalue weighted by Gasteiger charge is 2.28. The predicted octanol–water partition coefficient (Wildman–Crippen LogP) is 2.53. The highest BCUT2D eigenvalue weighted by atomic mass is 16.5. The van der Waals surface area contributed by atoms with Crippen molar-refractivity contribution in [3.8, 4) is 5.75 Å². The maximum Gasteiger partial charge on any atom is 0.334 e. The zero-order valence-corrected chi connectivity index (χ0v) is 15.7. The zero-order valence-electron chi connectivity index (χ0n) is 15.7. The Labute approximate surface area is 159 Å². The fourth-order valence-electron chi connectivity index (χ4n) is 2.83. The Hall–Kier alpha value is -2.41. The Kier molecular flexibility index (Phi) is 8.26. The molecule has 27 heavy (non-hydrogen) atoms. The van der Waals surface area contributed by atoms with E-state index in [1.807, 2.05) is 0 Å². The van der Waals surface area contributed by atoms with Gasteiger partial charge < -0.3 is 19.5 Å². The molecule has 1 aromatic carbocycles. The Morgan fingerprint density at radius 3 is 2.59 bits per heavy atom. The summed E-state index contributed by atoms with van der Waals surface area (Å²) in [5.41, 5.74) is 0.536. The molecule has 0 bridgehead atoms. The normalized spacial score (nSPS) is 16.8. The van der Waals surface area contributed by atoms with E-state index in [-0.39, 0.29) is 37.7 Å². The number of aliphatic carboxylic acids is 1. The second-order valence-electron chi connectivity index (χ2n) is 6.54. The van der Waals surface area contributed by atoms with Gasteiger partial charge >= 0.3 is 5.97 Å². The predicted molar refractivity (Wildman–Crippen MR) is 99.0 cm³/mol. The van der Waals surface area contributed by atoms with Crippen LogP contribution >= 0.6 is 0 Å². The minimum Gasteiger partial charge on any atom is -0.494 e. The number of carboxylic acid groups (broad SMARTS) is 1. The number of carbonyl (C=O) groups is 3. The van der Waals surface area contributed by atoms with Gasteiger partial charge in [-0.1, -0.05) is 19.8 Å². The summed E-state index contributed by atoms with van der Waals surface area (Å²) in [5.74, 6) is -0.704. The fraction of sp³-hybridized carbons (Fsp3) is 0.550. The molecule has 148 valence electrons. The minimum absolute atomic E-state index is 0.0203. The summed E-state index contributed by atoms with van der Waals surface area (Å²) in [5, 5.41) is 8.98. The summed E-state index contributed by atoms with van der Waals surface area (Å²) >= 11 is 0. The Morgan fingerprint density at radius 2 is 1.93 bits per heavy atom. The van der Waals surface area contributed by atoms with Crippen molar-refractivity contribution in [2.75, 3.05) is 26.3 Å². The molecule has 1 unspecified atom stereocenters. The third-order valence-electron chi connectivity index (χ3n) is 4.45. The van der Waals surface area contributed by atoms with Gasteiger partial charge in [0.1, 0.15) is 5.75 Å². The summed E-state index contributed by atoms with van der Waals surface area (Å²) in [6.07, 6.45) is 2.41. The van der Waals surface area contributed by atoms with Crippen molar-refractivity contribution < 1.29 is 29.0 Å². The number of ether oxygens (including phenoxy) is 2. The van der Waals surface area contributed by atoms with E-state index >= 15 is 0 Å². The van der Waals surface area contributed by atoms with Gasteiger partial charge in [0.2, 0.25) is 5.91 Å². The van der Waals surface area contributed by atoms with Gasteiger partial charge in [0.05, 0.1) is 19.8 Å². The molecule has 1 atom stereocenters. The topological polar surface area (TPSA) is 93.1 Å². The second kappa shape index (κ2) is 10.7. The molecule has 1 heterocycles. The number of nitrogens with zero attached hydrogens (tertiary/aromatic N) is 1. The van der Waals surface area contributed by atoms with Gasteiger partial charge in [0.15, 0.2) is 11.9 Å². The van der Waals surface area contributed by atoms with E-state index in [4.69, 9.17) is 14.6 Å². The highest BCUT2D eigenvalue weighted by molar-refractivity contribution is 5.98. The van der Waals surface area contributed by atoms with E-state index in [2.05, 4.69) is 6.92 Å². The number of unbranched alkanes of at least 4 members (excludes halogenated alkanes) is 2. The first-order chi connectivity index (χ1) is 13.0. The molecular formula is C20H27NO6. The number of hydrogen-bond donors (Lipinski definition) is 1. The van der Waals surface area contributed by atoms with E-state index in [0.717, 1.165) is 25.0 Å². The van der Waals surface area contributed by atoms with Crippen molar-refractivity contribution in [3.05, 3.63) is 29.8 Å². The lowest BCUT2D eigenvalue weighted by atomic mass is 10.1. The maximum atomic E-state index is 12.3. The van der Waals surface area contributed by atoms with Crippen molar-refractivity contribution in [2.24, 2.45) is 0 Å². The van der Waals surface area contributed by atoms with Crippen LogP contribution in [0.4, 0.5) is 0 Å². The summed E-state index contributed by atoms with van der Waals surface area (Å²) in [4.78, 5) is 36.9. The van der Waals surface area contributed by atoms with Crippen molar-refractivity contribution >= 4 is 17.7 Å². The van der Waals surface area contributed by atoms with Crippen molar-refractivity contribution in [1.82, 2.24) is 4.90 Å². The molecular weight excluding hydrogens is 350 g/mol. The van der Waals surface area contributed by atoms with Crippen LogP contribution in [-0.4, -0.2) is 60.1 Å². The molecule has 1 N–H and O–H groups in total. The van der Waals surface area contributed by atoms with E-state index in [1.165, 1.54) is 4.90 Å². The maximum absolute atomic E-state index is 12.3. The number of benzene rings is 1. The Morgan fingerprint density at radius 1 is 1.19 bits per heavy atom. The number of Topliss-reactive ketones (excluding diaryl/α,β-unsaturated/α-hetero) is 1. The van der Waals surface area contributed by atoms with Gasteiger partial charge in [-0.05, 0) is 30.7 Å². The van der Waals surface area contributed by atoms with E-state index < -0.39 is 12.1 Å². The van der Waals surface area contributed by atoms with Crippen molar-refractivity contribution in [1.29, 1.82) is 0 Å². The average molecular weight is 377 g/mol. The summed E-state index contributed by atoms with van der Waals surface area (Å²) in [6.45, 7) is 3.35. The Bertz CT molecular complexity index is 642. The monoisotopic (exact) mass is 377 g/mol. The number of carboxylic acids is 1. The lowest BCUT2D eigenvalue weighted by molar-refractivity contribution is -0.159. The first-order valence-electron chi connectivity index (χ1n) is 9.39. The molecule has 1 saturated heterocycles. The molecule has 0 spiro atoms. The van der Waals surface area contributed by atoms with Crippen LogP contribution in [0.2, 0.25) is 0 Å². The lowest BCUT2D eigenvalue weighted by Gasteiger charge is -2.30. The smallest absolute Gasteiger partial charge is 0.334 e. The number of carbonyl (C=O) groups excluding carboxylic acids is 2. The van der Waals surface area contributed by atoms with Crippen LogP contribution in [0.15, 0.2) is 24.3 Å². The highest BCUT2D eigenvalue weighted by Crippen LogP contribution is 2.15. The van der Waals surface area contributed by atoms with E-state index in [0.29, 0.717) is 18.7 Å². The van der Waals surface area contributed by atoms with Gasteiger partial charge in [-0.15, -0.1) is 0 Å². The third kappa shape index (κ3) is 6.67. The second-order valence-corrected chi connectivity index (χ2v) is 6.54. The molecule has 1 aromatic rings. The zero-order chi connectivity index (χ0) is 19.6. The van der Waals surface area contributed by atoms with Crippen LogP contribution in [0.3, 0.4) is 0 Å². The number of hydrogen-bond acceptors (Lipinski definition) is 5. The van der Waals surface area contributed by atoms with Crippen LogP contribution < -0.4 is 4.74 Å². The quantitative estimate of drug-likeness (QED) is 0.497. The first-order valence-corrected chi connectivity index (χ1v) is 9.39. The first kappa shape index (κ1) is 20.9. The van der Waals surface area contributed by atoms with Gasteiger partial charge in [-0.25, -0.2) is 4.79 Å². The molecule has 1 aliphatic rings. The van der Waals surface area contributed by atoms with Gasteiger partial charge in [-0.2, -0.15) is 0 Å². The van der Waals surface area contributed by atoms with E-state index in [9.17, 15) is 14.4 Å². The molecule has 0 aliphatic carbocycles. The summed E-state index contributed by atoms with van der Waals surface area (Å²) < 4.78 is 10.7. The lowest BCUT2D eigenvalue weighted by Crippen LogP contribution is -2.48. The minimum atomic E-state index is -1.08. The fourth-order valence-corrected chi connectivity index (χ4v) is 2.83. The molecule has 0 saturated carbocycles. The van der Waals surface area contributed by atoms with Crippen LogP contribution in [0.1, 0.15) is 49.4 Å². The number of ketones is 1. The molecule has 0 radical (unpaired) electrons. The van der Waals surface area contributed by atoms with Crippen molar-refractivity contribution in [2.45, 2.75) is 45.1 Å². The molecule has 1 aliphatic heterocycles. The third-order valence-corrected chi connectivity index (χ3v) is 4.45. The molecule has 1 fully saturated rings. The molecule has 7 nitrogen and oxygen atoms in total. The van der Waals surface area contributed by atoms with E-state index in [1.54, 1.807) is 24.3 Å². The molecule has 7 heteroatoms. The van der Waals surface area contributed by atoms with Gasteiger partial charge in [-0.3, -0.25) is 9.59 Å². The van der Waals surface area contributed by atoms with Gasteiger partial charge in [0.25, 0.3) is 0 Å². The van der Waals surface area contributed by atoms with Crippen LogP contribution in [-0.2, 0) is 14.3 Å². The summed E-state index contributed by atoms with van der Waals surface area (Å²) in [7, 11) is 0. The average Bonchev–Trinajstić information content (AvgIpc) is 2.69. The Balaban J connectivity index is 1.77. The molecule has 1 amide bonds. The van der Waals surface area contributed by atoms with Gasteiger partial charge in [0, 0.05) is 24.9 Å². The molecule has 0 aromatic heterocycles. The number of morpholine rings is 1. The number of amides is 1. The van der Waals surface area contributed by atoms with Crippen LogP contribution in [0.25, 0.3) is 0 Å².